The third kappa shape index (κ3) is 6.74. The molecule has 0 saturated carbocycles. The molecule has 0 aliphatic heterocycles. The van der Waals surface area contributed by atoms with Crippen LogP contribution in [0.4, 0.5) is 11.4 Å². The van der Waals surface area contributed by atoms with Gasteiger partial charge in [-0.1, -0.05) is 70.1 Å². The molecule has 0 bridgehead atoms. The summed E-state index contributed by atoms with van der Waals surface area (Å²) in [6.45, 7) is 0. The standard InChI is InChI=1S/C16H11Cl5N4O3S/c17-8-5-6-10(18)11(7-8)22-15(29)24-14(16(19,20)21)23-13(26)9-3-1-2-4-12(9)25(27)28/h1-7,14H,(H,23,26)(H2,22,24,29)/t14-/m1/s1. The first-order chi connectivity index (χ1) is 13.5. The Bertz CT molecular complexity index is 954. The van der Waals surface area contributed by atoms with Crippen LogP contribution in [-0.4, -0.2) is 25.9 Å². The van der Waals surface area contributed by atoms with Crippen molar-refractivity contribution in [3.05, 3.63) is 68.2 Å². The lowest BCUT2D eigenvalue weighted by molar-refractivity contribution is -0.385. The Balaban J connectivity index is 2.18. The number of anilines is 1. The Morgan fingerprint density at radius 2 is 1.76 bits per heavy atom. The van der Waals surface area contributed by atoms with Gasteiger partial charge in [-0.25, -0.2) is 0 Å². The molecule has 29 heavy (non-hydrogen) atoms. The molecule has 1 atom stereocenters. The van der Waals surface area contributed by atoms with Crippen molar-refractivity contribution < 1.29 is 9.72 Å². The molecule has 0 spiro atoms. The molecule has 0 aromatic heterocycles. The molecule has 154 valence electrons. The Morgan fingerprint density at radius 1 is 1.10 bits per heavy atom. The number of nitrogens with zero attached hydrogens (tertiary/aromatic N) is 1. The molecule has 13 heteroatoms. The topological polar surface area (TPSA) is 96.3 Å². The van der Waals surface area contributed by atoms with Gasteiger partial charge in [0.05, 0.1) is 15.6 Å². The van der Waals surface area contributed by atoms with Crippen LogP contribution in [0, 0.1) is 10.1 Å². The molecule has 0 heterocycles. The van der Waals surface area contributed by atoms with Gasteiger partial charge in [-0.05, 0) is 36.5 Å². The lowest BCUT2D eigenvalue weighted by Crippen LogP contribution is -2.56. The van der Waals surface area contributed by atoms with Crippen LogP contribution >= 0.6 is 70.2 Å². The van der Waals surface area contributed by atoms with E-state index in [1.165, 1.54) is 30.3 Å². The molecular weight excluding hydrogens is 506 g/mol. The highest BCUT2D eigenvalue weighted by Crippen LogP contribution is 2.30. The van der Waals surface area contributed by atoms with E-state index < -0.39 is 26.5 Å². The van der Waals surface area contributed by atoms with Crippen LogP contribution in [0.25, 0.3) is 0 Å². The summed E-state index contributed by atoms with van der Waals surface area (Å²) in [4.78, 5) is 23.0. The zero-order chi connectivity index (χ0) is 21.8. The van der Waals surface area contributed by atoms with Crippen LogP contribution in [0.3, 0.4) is 0 Å². The molecule has 1 amide bonds. The van der Waals surface area contributed by atoms with E-state index >= 15 is 0 Å². The number of nitrogens with one attached hydrogen (secondary N) is 3. The van der Waals surface area contributed by atoms with Gasteiger partial charge in [0.2, 0.25) is 3.79 Å². The third-order valence-electron chi connectivity index (χ3n) is 3.40. The molecule has 0 aliphatic carbocycles. The number of nitro benzene ring substituents is 1. The fourth-order valence-corrected chi connectivity index (χ4v) is 3.01. The highest BCUT2D eigenvalue weighted by molar-refractivity contribution is 7.80. The van der Waals surface area contributed by atoms with E-state index in [1.807, 2.05) is 0 Å². The van der Waals surface area contributed by atoms with E-state index in [0.29, 0.717) is 15.7 Å². The lowest BCUT2D eigenvalue weighted by atomic mass is 10.1. The summed E-state index contributed by atoms with van der Waals surface area (Å²) >= 11 is 34.9. The summed E-state index contributed by atoms with van der Waals surface area (Å²) in [6.07, 6.45) is -1.34. The fraction of sp³-hybridized carbons (Fsp3) is 0.125. The number of hydrogen-bond donors (Lipinski definition) is 3. The lowest BCUT2D eigenvalue weighted by Gasteiger charge is -2.27. The number of halogens is 5. The van der Waals surface area contributed by atoms with E-state index in [4.69, 9.17) is 70.2 Å². The summed E-state index contributed by atoms with van der Waals surface area (Å²) in [5.41, 5.74) is -0.237. The number of nitro groups is 1. The van der Waals surface area contributed by atoms with Crippen molar-refractivity contribution in [1.82, 2.24) is 10.6 Å². The minimum absolute atomic E-state index is 0.0478. The Kier molecular flexibility index (Phi) is 8.16. The minimum Gasteiger partial charge on any atom is -0.339 e. The maximum atomic E-state index is 12.5. The van der Waals surface area contributed by atoms with Crippen LogP contribution in [0.1, 0.15) is 10.4 Å². The van der Waals surface area contributed by atoms with Crippen molar-refractivity contribution in [2.75, 3.05) is 5.32 Å². The molecule has 2 rings (SSSR count). The second-order valence-electron chi connectivity index (χ2n) is 5.44. The number of benzene rings is 2. The SMILES string of the molecule is O=C(N[C@H](NC(=S)Nc1cc(Cl)ccc1Cl)C(Cl)(Cl)Cl)c1ccccc1[N+](=O)[O-]. The number of hydrogen-bond acceptors (Lipinski definition) is 4. The van der Waals surface area contributed by atoms with Gasteiger partial charge in [-0.3, -0.25) is 14.9 Å². The van der Waals surface area contributed by atoms with Crippen molar-refractivity contribution in [1.29, 1.82) is 0 Å². The first-order valence-electron chi connectivity index (χ1n) is 7.62. The molecule has 0 fully saturated rings. The van der Waals surface area contributed by atoms with E-state index in [9.17, 15) is 14.9 Å². The summed E-state index contributed by atoms with van der Waals surface area (Å²) in [5.74, 6) is -0.843. The molecule has 2 aromatic rings. The van der Waals surface area contributed by atoms with Crippen LogP contribution in [0.2, 0.25) is 10.0 Å². The van der Waals surface area contributed by atoms with Gasteiger partial charge in [0, 0.05) is 11.1 Å². The van der Waals surface area contributed by atoms with Crippen molar-refractivity contribution in [3.63, 3.8) is 0 Å². The molecule has 0 saturated heterocycles. The third-order valence-corrected chi connectivity index (χ3v) is 4.84. The molecule has 7 nitrogen and oxygen atoms in total. The smallest absolute Gasteiger partial charge is 0.282 e. The van der Waals surface area contributed by atoms with E-state index in [2.05, 4.69) is 16.0 Å². The normalized spacial score (nSPS) is 12.0. The maximum absolute atomic E-state index is 12.5. The van der Waals surface area contributed by atoms with Gasteiger partial charge in [-0.2, -0.15) is 0 Å². The molecule has 3 N–H and O–H groups in total. The number of thiocarbonyl (C=S) groups is 1. The summed E-state index contributed by atoms with van der Waals surface area (Å²) in [7, 11) is 0. The van der Waals surface area contributed by atoms with Crippen molar-refractivity contribution in [3.8, 4) is 0 Å². The van der Waals surface area contributed by atoms with Crippen LogP contribution in [-0.2, 0) is 0 Å². The molecule has 0 radical (unpaired) electrons. The zero-order valence-corrected chi connectivity index (χ0v) is 18.7. The monoisotopic (exact) mass is 514 g/mol. The number of amides is 1. The summed E-state index contributed by atoms with van der Waals surface area (Å²) in [6, 6.07) is 10.00. The number of rotatable bonds is 5. The van der Waals surface area contributed by atoms with E-state index in [0.717, 1.165) is 0 Å². The Morgan fingerprint density at radius 3 is 2.38 bits per heavy atom. The van der Waals surface area contributed by atoms with Gasteiger partial charge in [0.25, 0.3) is 11.6 Å². The number of carbonyl (C=O) groups is 1. The predicted molar refractivity (Wildman–Crippen MR) is 120 cm³/mol. The van der Waals surface area contributed by atoms with E-state index in [-0.39, 0.29) is 10.7 Å². The first kappa shape index (κ1) is 23.7. The highest BCUT2D eigenvalue weighted by Gasteiger charge is 2.36. The molecule has 0 aliphatic rings. The van der Waals surface area contributed by atoms with Gasteiger partial charge in [0.1, 0.15) is 11.7 Å². The molecule has 2 aromatic carbocycles. The maximum Gasteiger partial charge on any atom is 0.282 e. The second kappa shape index (κ2) is 9.97. The van der Waals surface area contributed by atoms with Gasteiger partial charge >= 0.3 is 0 Å². The van der Waals surface area contributed by atoms with Crippen LogP contribution in [0.15, 0.2) is 42.5 Å². The first-order valence-corrected chi connectivity index (χ1v) is 9.92. The van der Waals surface area contributed by atoms with Crippen molar-refractivity contribution >= 4 is 92.6 Å². The average molecular weight is 517 g/mol. The Hall–Kier alpha value is -1.55. The highest BCUT2D eigenvalue weighted by atomic mass is 35.6. The minimum atomic E-state index is -2.05. The second-order valence-corrected chi connectivity index (χ2v) is 9.07. The van der Waals surface area contributed by atoms with E-state index in [1.54, 1.807) is 12.1 Å². The number of alkyl halides is 3. The van der Waals surface area contributed by atoms with Gasteiger partial charge < -0.3 is 16.0 Å². The van der Waals surface area contributed by atoms with Gasteiger partial charge in [-0.15, -0.1) is 0 Å². The largest absolute Gasteiger partial charge is 0.339 e. The Labute approximate surface area is 195 Å². The molecule has 0 unspecified atom stereocenters. The van der Waals surface area contributed by atoms with Gasteiger partial charge in [0.15, 0.2) is 5.11 Å². The fourth-order valence-electron chi connectivity index (χ4n) is 2.12. The average Bonchev–Trinajstić information content (AvgIpc) is 2.63. The number of carbonyl (C=O) groups excluding carboxylic acids is 1. The predicted octanol–water partition coefficient (Wildman–Crippen LogP) is 5.31. The zero-order valence-electron chi connectivity index (χ0n) is 14.1. The van der Waals surface area contributed by atoms with Crippen molar-refractivity contribution in [2.24, 2.45) is 0 Å². The van der Waals surface area contributed by atoms with Crippen LogP contribution in [0.5, 0.6) is 0 Å². The summed E-state index contributed by atoms with van der Waals surface area (Å²) in [5, 5.41) is 19.6. The van der Waals surface area contributed by atoms with Crippen LogP contribution < -0.4 is 16.0 Å². The molecular formula is C16H11Cl5N4O3S. The summed E-state index contributed by atoms with van der Waals surface area (Å²) < 4.78 is -2.05. The quantitative estimate of drug-likeness (QED) is 0.164. The van der Waals surface area contributed by atoms with Crippen molar-refractivity contribution in [2.45, 2.75) is 9.96 Å². The number of para-hydroxylation sites is 1.